The van der Waals surface area contributed by atoms with Gasteiger partial charge in [0.25, 0.3) is 0 Å². The second-order valence-electron chi connectivity index (χ2n) is 12.2. The third-order valence-corrected chi connectivity index (χ3v) is 9.05. The minimum atomic E-state index is -1.76. The molecule has 8 unspecified atom stereocenters. The summed E-state index contributed by atoms with van der Waals surface area (Å²) in [4.78, 5) is 0. The number of aliphatic hydroxyl groups excluding tert-OH is 12. The normalized spacial score (nSPS) is 51.2. The molecule has 4 aliphatic heterocycles. The van der Waals surface area contributed by atoms with E-state index in [1.165, 1.54) is 0 Å². The van der Waals surface area contributed by atoms with Gasteiger partial charge in [0.2, 0.25) is 0 Å². The number of ether oxygens (including phenoxy) is 8. The second kappa shape index (κ2) is 16.9. The third kappa shape index (κ3) is 8.24. The lowest BCUT2D eigenvalue weighted by Gasteiger charge is -2.47. The predicted octanol–water partition coefficient (Wildman–Crippen LogP) is -7.22. The molecule has 4 fully saturated rings. The van der Waals surface area contributed by atoms with Gasteiger partial charge in [-0.2, -0.15) is 0 Å². The van der Waals surface area contributed by atoms with E-state index >= 15 is 0 Å². The maximum absolute atomic E-state index is 10.8. The van der Waals surface area contributed by atoms with Crippen molar-refractivity contribution in [3.05, 3.63) is 0 Å². The van der Waals surface area contributed by atoms with E-state index in [0.717, 1.165) is 0 Å². The molecule has 4 saturated heterocycles. The molecule has 47 heavy (non-hydrogen) atoms. The Morgan fingerprint density at radius 3 is 1.02 bits per heavy atom. The zero-order valence-electron chi connectivity index (χ0n) is 25.7. The average Bonchev–Trinajstić information content (AvgIpc) is 3.06. The maximum atomic E-state index is 10.8. The lowest BCUT2D eigenvalue weighted by atomic mass is 9.91. The maximum Gasteiger partial charge on any atom is 0.187 e. The Morgan fingerprint density at radius 1 is 0.404 bits per heavy atom. The van der Waals surface area contributed by atoms with Crippen LogP contribution in [0.4, 0.5) is 0 Å². The molecule has 276 valence electrons. The van der Waals surface area contributed by atoms with Gasteiger partial charge in [-0.1, -0.05) is 13.8 Å². The van der Waals surface area contributed by atoms with Crippen molar-refractivity contribution < 1.29 is 99.2 Å². The lowest BCUT2D eigenvalue weighted by molar-refractivity contribution is -0.373. The quantitative estimate of drug-likeness (QED) is 0.0845. The highest BCUT2D eigenvalue weighted by atomic mass is 16.8. The zero-order chi connectivity index (χ0) is 34.7. The molecule has 20 heteroatoms. The smallest absolute Gasteiger partial charge is 0.187 e. The van der Waals surface area contributed by atoms with Crippen LogP contribution in [0.5, 0.6) is 0 Å². The Bertz CT molecular complexity index is 874. The molecule has 0 bridgehead atoms. The average molecular weight is 693 g/mol. The first kappa shape index (κ1) is 39.0. The van der Waals surface area contributed by atoms with Gasteiger partial charge in [-0.05, 0) is 0 Å². The fourth-order valence-electron chi connectivity index (χ4n) is 6.04. The zero-order valence-corrected chi connectivity index (χ0v) is 25.7. The van der Waals surface area contributed by atoms with Crippen LogP contribution >= 0.6 is 0 Å². The van der Waals surface area contributed by atoms with Crippen LogP contribution in [0.3, 0.4) is 0 Å². The van der Waals surface area contributed by atoms with Gasteiger partial charge < -0.3 is 99.2 Å². The fraction of sp³-hybridized carbons (Fsp3) is 1.00. The van der Waals surface area contributed by atoms with Crippen molar-refractivity contribution in [1.29, 1.82) is 0 Å². The second-order valence-corrected chi connectivity index (χ2v) is 12.2. The van der Waals surface area contributed by atoms with Gasteiger partial charge in [-0.25, -0.2) is 0 Å². The Labute approximate surface area is 269 Å². The highest BCUT2D eigenvalue weighted by molar-refractivity contribution is 4.94. The molecule has 20 atom stereocenters. The van der Waals surface area contributed by atoms with Crippen LogP contribution in [0.1, 0.15) is 13.8 Å². The molecule has 4 aliphatic rings. The SMILES string of the molecule is CC1[C@@H](OCO[C@H]2OC(CO)[C@H](O)[C@H](O[C@@H]3OC(CO)[C@H](O)[C@H](O)C3O)C2C)OC(CO)[C@H](O)[C@@H]1O[C@@H]1OC(CO)[C@H](O)[C@H](O)C1O. The molecule has 4 rings (SSSR count). The molecule has 4 heterocycles. The highest BCUT2D eigenvalue weighted by Gasteiger charge is 2.52. The summed E-state index contributed by atoms with van der Waals surface area (Å²) in [5.74, 6) is -1.69. The van der Waals surface area contributed by atoms with Gasteiger partial charge >= 0.3 is 0 Å². The van der Waals surface area contributed by atoms with Crippen LogP contribution in [-0.2, 0) is 37.9 Å². The van der Waals surface area contributed by atoms with Gasteiger partial charge in [0.05, 0.1) is 38.6 Å². The largest absolute Gasteiger partial charge is 0.394 e. The Balaban J connectivity index is 1.40. The Hall–Kier alpha value is -0.800. The van der Waals surface area contributed by atoms with Crippen LogP contribution in [0, 0.1) is 11.8 Å². The number of hydrogen-bond acceptors (Lipinski definition) is 20. The van der Waals surface area contributed by atoms with E-state index in [1.807, 2.05) is 0 Å². The molecule has 0 saturated carbocycles. The molecule has 0 aromatic carbocycles. The lowest BCUT2D eigenvalue weighted by Crippen LogP contribution is -2.63. The topological polar surface area (TPSA) is 317 Å². The minimum absolute atomic E-state index is 0.563. The molecule has 12 N–H and O–H groups in total. The highest BCUT2D eigenvalue weighted by Crippen LogP contribution is 2.35. The van der Waals surface area contributed by atoms with Crippen molar-refractivity contribution >= 4 is 0 Å². The number of hydrogen-bond donors (Lipinski definition) is 12. The van der Waals surface area contributed by atoms with E-state index in [1.54, 1.807) is 13.8 Å². The van der Waals surface area contributed by atoms with Crippen LogP contribution < -0.4 is 0 Å². The first-order valence-electron chi connectivity index (χ1n) is 15.3. The van der Waals surface area contributed by atoms with E-state index in [-0.39, 0.29) is 0 Å². The van der Waals surface area contributed by atoms with Gasteiger partial charge in [0.1, 0.15) is 73.2 Å². The van der Waals surface area contributed by atoms with Crippen LogP contribution in [0.15, 0.2) is 0 Å². The molecule has 0 aromatic heterocycles. The monoisotopic (exact) mass is 692 g/mol. The van der Waals surface area contributed by atoms with E-state index in [2.05, 4.69) is 0 Å². The summed E-state index contributed by atoms with van der Waals surface area (Å²) >= 11 is 0. The van der Waals surface area contributed by atoms with Crippen molar-refractivity contribution in [3.8, 4) is 0 Å². The molecule has 0 radical (unpaired) electrons. The van der Waals surface area contributed by atoms with Crippen LogP contribution in [0.25, 0.3) is 0 Å². The van der Waals surface area contributed by atoms with E-state index in [9.17, 15) is 61.3 Å². The van der Waals surface area contributed by atoms with Gasteiger partial charge in [0, 0.05) is 11.8 Å². The summed E-state index contributed by atoms with van der Waals surface area (Å²) in [5, 5.41) is 121. The summed E-state index contributed by atoms with van der Waals surface area (Å²) < 4.78 is 45.1. The number of rotatable bonds is 12. The van der Waals surface area contributed by atoms with Crippen molar-refractivity contribution in [1.82, 2.24) is 0 Å². The summed E-state index contributed by atoms with van der Waals surface area (Å²) in [6, 6.07) is 0. The van der Waals surface area contributed by atoms with Crippen LogP contribution in [0.2, 0.25) is 0 Å². The molecule has 20 nitrogen and oxygen atoms in total. The van der Waals surface area contributed by atoms with E-state index < -0.39 is 156 Å². The molecule has 0 aromatic rings. The van der Waals surface area contributed by atoms with Crippen molar-refractivity contribution in [2.24, 2.45) is 11.8 Å². The van der Waals surface area contributed by atoms with Crippen molar-refractivity contribution in [3.63, 3.8) is 0 Å². The predicted molar refractivity (Wildman–Crippen MR) is 146 cm³/mol. The first-order chi connectivity index (χ1) is 22.3. The first-order valence-corrected chi connectivity index (χ1v) is 15.3. The Morgan fingerprint density at radius 2 is 0.702 bits per heavy atom. The van der Waals surface area contributed by atoms with Gasteiger partial charge in [0.15, 0.2) is 32.0 Å². The molecular formula is C27H48O20. The molecule has 0 spiro atoms. The number of aliphatic hydroxyl groups is 12. The molecular weight excluding hydrogens is 644 g/mol. The standard InChI is InChI=1S/C27H48O20/c1-8-22(46-26-20(38)18(36)14(32)10(3-28)44-26)16(34)12(5-30)42-24(8)40-7-41-25-9(2)23(17(35)13(6-31)43-25)47-27-21(39)19(37)15(33)11(4-29)45-27/h8-39H,3-7H2,1-2H3/t8?,9?,10?,11?,12?,13?,14-,15-,16-,17-,18-,19-,20?,21?,22+,23+,24-,25-,26-,27-/m0/s1. The van der Waals surface area contributed by atoms with E-state index in [0.29, 0.717) is 0 Å². The summed E-state index contributed by atoms with van der Waals surface area (Å²) in [6.07, 6.45) is -26.4. The summed E-state index contributed by atoms with van der Waals surface area (Å²) in [6.45, 7) is -0.257. The van der Waals surface area contributed by atoms with Crippen molar-refractivity contribution in [2.75, 3.05) is 33.2 Å². The van der Waals surface area contributed by atoms with Gasteiger partial charge in [-0.3, -0.25) is 0 Å². The van der Waals surface area contributed by atoms with Gasteiger partial charge in [-0.15, -0.1) is 0 Å². The molecule has 0 aliphatic carbocycles. The minimum Gasteiger partial charge on any atom is -0.394 e. The summed E-state index contributed by atoms with van der Waals surface area (Å²) in [5.41, 5.74) is 0. The molecule has 0 amide bonds. The third-order valence-electron chi connectivity index (χ3n) is 9.05. The van der Waals surface area contributed by atoms with E-state index in [4.69, 9.17) is 37.9 Å². The Kier molecular flexibility index (Phi) is 14.1. The fourth-order valence-corrected chi connectivity index (χ4v) is 6.04. The van der Waals surface area contributed by atoms with Crippen LogP contribution in [-0.4, -0.2) is 205 Å². The van der Waals surface area contributed by atoms with Crippen molar-refractivity contribution in [2.45, 2.75) is 124 Å². The summed E-state index contributed by atoms with van der Waals surface area (Å²) in [7, 11) is 0.